The lowest BCUT2D eigenvalue weighted by Gasteiger charge is -2.10. The molecule has 0 aliphatic heterocycles. The molecule has 2 N–H and O–H groups in total. The van der Waals surface area contributed by atoms with Crippen LogP contribution in [0.2, 0.25) is 5.02 Å². The van der Waals surface area contributed by atoms with E-state index in [9.17, 15) is 0 Å². The summed E-state index contributed by atoms with van der Waals surface area (Å²) in [4.78, 5) is 0. The minimum Gasteiger partial charge on any atom is -0.455 e. The topological polar surface area (TPSA) is 35.2 Å². The van der Waals surface area contributed by atoms with Gasteiger partial charge in [-0.15, -0.1) is 0 Å². The summed E-state index contributed by atoms with van der Waals surface area (Å²) in [6, 6.07) is 11.1. The lowest BCUT2D eigenvalue weighted by molar-refractivity contribution is 0.484. The van der Waals surface area contributed by atoms with Crippen molar-refractivity contribution in [3.8, 4) is 11.5 Å². The van der Waals surface area contributed by atoms with Gasteiger partial charge >= 0.3 is 0 Å². The minimum absolute atomic E-state index is 0.595. The molecule has 0 atom stereocenters. The molecule has 0 aliphatic rings. The normalized spacial score (nSPS) is 10.4. The SMILES string of the molecule is CCc1cc(Oc2ccc(Br)cc2N)ccc1Cl. The summed E-state index contributed by atoms with van der Waals surface area (Å²) in [7, 11) is 0. The summed E-state index contributed by atoms with van der Waals surface area (Å²) in [5, 5.41) is 0.758. The molecule has 0 saturated carbocycles. The first-order valence-electron chi connectivity index (χ1n) is 5.61. The molecule has 0 heterocycles. The first kappa shape index (κ1) is 13.2. The Morgan fingerprint density at radius 1 is 1.22 bits per heavy atom. The van der Waals surface area contributed by atoms with Gasteiger partial charge in [-0.1, -0.05) is 34.5 Å². The highest BCUT2D eigenvalue weighted by Gasteiger charge is 2.05. The molecule has 2 rings (SSSR count). The predicted octanol–water partition coefficient (Wildman–Crippen LogP) is 5.04. The molecule has 0 radical (unpaired) electrons. The van der Waals surface area contributed by atoms with Crippen LogP contribution >= 0.6 is 27.5 Å². The van der Waals surface area contributed by atoms with Crippen LogP contribution < -0.4 is 10.5 Å². The highest BCUT2D eigenvalue weighted by molar-refractivity contribution is 9.10. The number of nitrogen functional groups attached to an aromatic ring is 1. The lowest BCUT2D eigenvalue weighted by Crippen LogP contribution is -1.93. The third kappa shape index (κ3) is 2.98. The number of benzene rings is 2. The Kier molecular flexibility index (Phi) is 4.15. The number of hydrogen-bond donors (Lipinski definition) is 1. The zero-order valence-electron chi connectivity index (χ0n) is 9.91. The van der Waals surface area contributed by atoms with Gasteiger partial charge in [-0.25, -0.2) is 0 Å². The molecule has 2 nitrogen and oxygen atoms in total. The van der Waals surface area contributed by atoms with Crippen LogP contribution in [0.5, 0.6) is 11.5 Å². The molecular formula is C14H13BrClNO. The zero-order valence-corrected chi connectivity index (χ0v) is 12.3. The number of ether oxygens (including phenoxy) is 1. The largest absolute Gasteiger partial charge is 0.455 e. The van der Waals surface area contributed by atoms with Gasteiger partial charge in [0.2, 0.25) is 0 Å². The fourth-order valence-electron chi connectivity index (χ4n) is 1.62. The van der Waals surface area contributed by atoms with E-state index in [1.807, 2.05) is 36.4 Å². The standard InChI is InChI=1S/C14H13BrClNO/c1-2-9-7-11(4-5-12(9)16)18-14-6-3-10(15)8-13(14)17/h3-8H,2,17H2,1H3. The Morgan fingerprint density at radius 3 is 2.67 bits per heavy atom. The molecule has 0 unspecified atom stereocenters. The van der Waals surface area contributed by atoms with Gasteiger partial charge in [-0.05, 0) is 48.4 Å². The van der Waals surface area contributed by atoms with Crippen molar-refractivity contribution < 1.29 is 4.74 Å². The van der Waals surface area contributed by atoms with E-state index in [4.69, 9.17) is 22.1 Å². The molecule has 0 fully saturated rings. The van der Waals surface area contributed by atoms with Crippen LogP contribution in [0.15, 0.2) is 40.9 Å². The Morgan fingerprint density at radius 2 is 2.00 bits per heavy atom. The van der Waals surface area contributed by atoms with Crippen molar-refractivity contribution in [2.75, 3.05) is 5.73 Å². The second-order valence-electron chi connectivity index (χ2n) is 3.89. The number of rotatable bonds is 3. The second kappa shape index (κ2) is 5.63. The van der Waals surface area contributed by atoms with Crippen molar-refractivity contribution in [1.82, 2.24) is 0 Å². The maximum absolute atomic E-state index is 6.06. The number of nitrogens with two attached hydrogens (primary N) is 1. The van der Waals surface area contributed by atoms with Crippen molar-refractivity contribution in [2.45, 2.75) is 13.3 Å². The number of anilines is 1. The van der Waals surface area contributed by atoms with Crippen molar-refractivity contribution in [2.24, 2.45) is 0 Å². The fourth-order valence-corrected chi connectivity index (χ4v) is 2.25. The highest BCUT2D eigenvalue weighted by Crippen LogP contribution is 2.31. The summed E-state index contributed by atoms with van der Waals surface area (Å²) < 4.78 is 6.69. The summed E-state index contributed by atoms with van der Waals surface area (Å²) in [5.41, 5.74) is 7.54. The highest BCUT2D eigenvalue weighted by atomic mass is 79.9. The molecule has 94 valence electrons. The Labute approximate surface area is 120 Å². The zero-order chi connectivity index (χ0) is 13.1. The molecule has 18 heavy (non-hydrogen) atoms. The first-order valence-corrected chi connectivity index (χ1v) is 6.78. The van der Waals surface area contributed by atoms with Gasteiger partial charge in [-0.3, -0.25) is 0 Å². The van der Waals surface area contributed by atoms with E-state index >= 15 is 0 Å². The average Bonchev–Trinajstić information content (AvgIpc) is 2.35. The van der Waals surface area contributed by atoms with Crippen molar-refractivity contribution in [3.05, 3.63) is 51.5 Å². The van der Waals surface area contributed by atoms with Gasteiger partial charge in [0, 0.05) is 9.50 Å². The van der Waals surface area contributed by atoms with Gasteiger partial charge in [0.15, 0.2) is 0 Å². The molecule has 0 bridgehead atoms. The van der Waals surface area contributed by atoms with Gasteiger partial charge in [0.1, 0.15) is 11.5 Å². The smallest absolute Gasteiger partial charge is 0.150 e. The van der Waals surface area contributed by atoms with E-state index < -0.39 is 0 Å². The van der Waals surface area contributed by atoms with Gasteiger partial charge in [0.05, 0.1) is 5.69 Å². The molecule has 0 aromatic heterocycles. The minimum atomic E-state index is 0.595. The van der Waals surface area contributed by atoms with E-state index in [-0.39, 0.29) is 0 Å². The lowest BCUT2D eigenvalue weighted by atomic mass is 10.1. The molecule has 0 saturated heterocycles. The van der Waals surface area contributed by atoms with Crippen molar-refractivity contribution in [3.63, 3.8) is 0 Å². The maximum Gasteiger partial charge on any atom is 0.150 e. The Balaban J connectivity index is 2.28. The van der Waals surface area contributed by atoms with Crippen molar-refractivity contribution >= 4 is 33.2 Å². The molecule has 0 aliphatic carbocycles. The van der Waals surface area contributed by atoms with Crippen LogP contribution in [-0.2, 0) is 6.42 Å². The van der Waals surface area contributed by atoms with E-state index in [0.717, 1.165) is 27.2 Å². The number of hydrogen-bond acceptors (Lipinski definition) is 2. The summed E-state index contributed by atoms with van der Waals surface area (Å²) >= 11 is 9.43. The van der Waals surface area contributed by atoms with Crippen molar-refractivity contribution in [1.29, 1.82) is 0 Å². The summed E-state index contributed by atoms with van der Waals surface area (Å²) in [6.45, 7) is 2.05. The summed E-state index contributed by atoms with van der Waals surface area (Å²) in [6.07, 6.45) is 0.867. The molecule has 0 spiro atoms. The van der Waals surface area contributed by atoms with Crippen LogP contribution in [0.4, 0.5) is 5.69 Å². The Hall–Kier alpha value is -1.19. The quantitative estimate of drug-likeness (QED) is 0.802. The van der Waals surface area contributed by atoms with E-state index in [1.54, 1.807) is 0 Å². The van der Waals surface area contributed by atoms with E-state index in [1.165, 1.54) is 0 Å². The second-order valence-corrected chi connectivity index (χ2v) is 5.21. The molecule has 2 aromatic rings. The first-order chi connectivity index (χ1) is 8.60. The molecular weight excluding hydrogens is 314 g/mol. The third-order valence-electron chi connectivity index (χ3n) is 2.60. The van der Waals surface area contributed by atoms with Gasteiger partial charge < -0.3 is 10.5 Å². The monoisotopic (exact) mass is 325 g/mol. The van der Waals surface area contributed by atoms with E-state index in [2.05, 4.69) is 22.9 Å². The van der Waals surface area contributed by atoms with Gasteiger partial charge in [-0.2, -0.15) is 0 Å². The predicted molar refractivity (Wildman–Crippen MR) is 79.5 cm³/mol. The average molecular weight is 327 g/mol. The third-order valence-corrected chi connectivity index (χ3v) is 3.46. The fraction of sp³-hybridized carbons (Fsp3) is 0.143. The number of aryl methyl sites for hydroxylation is 1. The summed E-state index contributed by atoms with van der Waals surface area (Å²) in [5.74, 6) is 1.38. The van der Waals surface area contributed by atoms with E-state index in [0.29, 0.717) is 11.4 Å². The van der Waals surface area contributed by atoms with Gasteiger partial charge in [0.25, 0.3) is 0 Å². The maximum atomic E-state index is 6.06. The van der Waals surface area contributed by atoms with Crippen LogP contribution in [0.3, 0.4) is 0 Å². The number of halogens is 2. The van der Waals surface area contributed by atoms with Crippen LogP contribution in [0.1, 0.15) is 12.5 Å². The van der Waals surface area contributed by atoms with Crippen LogP contribution in [-0.4, -0.2) is 0 Å². The van der Waals surface area contributed by atoms with Crippen LogP contribution in [0.25, 0.3) is 0 Å². The molecule has 4 heteroatoms. The Bertz CT molecular complexity index is 572. The molecule has 0 amide bonds. The van der Waals surface area contributed by atoms with Crippen LogP contribution in [0, 0.1) is 0 Å². The molecule has 2 aromatic carbocycles.